The summed E-state index contributed by atoms with van der Waals surface area (Å²) in [5.74, 6) is -0.639. The molecule has 0 radical (unpaired) electrons. The van der Waals surface area contributed by atoms with Crippen LogP contribution in [0.4, 0.5) is 5.69 Å². The molecule has 0 spiro atoms. The Balaban J connectivity index is 1.33. The summed E-state index contributed by atoms with van der Waals surface area (Å²) in [6.45, 7) is 0.467. The smallest absolute Gasteiger partial charge is 0.258 e. The van der Waals surface area contributed by atoms with E-state index in [-0.39, 0.29) is 23.1 Å². The van der Waals surface area contributed by atoms with Gasteiger partial charge in [-0.1, -0.05) is 30.3 Å². The number of nitrogens with one attached hydrogen (secondary N) is 1. The van der Waals surface area contributed by atoms with Crippen LogP contribution in [0.1, 0.15) is 23.2 Å². The van der Waals surface area contributed by atoms with Crippen molar-refractivity contribution in [3.05, 3.63) is 78.9 Å². The lowest BCUT2D eigenvalue weighted by atomic mass is 10.0. The fraction of sp³-hybridized carbons (Fsp3) is 0.167. The first kappa shape index (κ1) is 19.7. The lowest BCUT2D eigenvalue weighted by Crippen LogP contribution is -2.43. The molecule has 0 saturated carbocycles. The Morgan fingerprint density at radius 1 is 1.03 bits per heavy atom. The van der Waals surface area contributed by atoms with Crippen LogP contribution in [0.3, 0.4) is 0 Å². The molecule has 32 heavy (non-hydrogen) atoms. The summed E-state index contributed by atoms with van der Waals surface area (Å²) < 4.78 is 1.62. The second kappa shape index (κ2) is 8.14. The van der Waals surface area contributed by atoms with Crippen molar-refractivity contribution >= 4 is 28.3 Å². The van der Waals surface area contributed by atoms with Crippen molar-refractivity contribution < 1.29 is 14.7 Å². The van der Waals surface area contributed by atoms with Gasteiger partial charge in [0.2, 0.25) is 5.91 Å². The average molecular weight is 427 g/mol. The molecule has 2 amide bonds. The summed E-state index contributed by atoms with van der Waals surface area (Å²) >= 11 is 0. The average Bonchev–Trinajstić information content (AvgIpc) is 3.52. The second-order valence-corrected chi connectivity index (χ2v) is 7.72. The van der Waals surface area contributed by atoms with Gasteiger partial charge in [-0.05, 0) is 48.6 Å². The van der Waals surface area contributed by atoms with Crippen molar-refractivity contribution in [2.24, 2.45) is 0 Å². The van der Waals surface area contributed by atoms with Crippen LogP contribution >= 0.6 is 0 Å². The molecule has 0 bridgehead atoms. The Hall–Kier alpha value is -4.20. The third kappa shape index (κ3) is 3.56. The van der Waals surface area contributed by atoms with E-state index in [0.717, 1.165) is 17.5 Å². The number of phenolic OH excluding ortho intramolecular Hbond substituents is 1. The number of aromatic nitrogens is 3. The highest BCUT2D eigenvalue weighted by molar-refractivity contribution is 6.06. The maximum Gasteiger partial charge on any atom is 0.258 e. The number of rotatable bonds is 4. The number of hydrogen-bond acceptors (Lipinski definition) is 5. The summed E-state index contributed by atoms with van der Waals surface area (Å²) in [6.07, 6.45) is 4.35. The number of nitrogens with zero attached hydrogens (tertiary/aromatic N) is 4. The maximum absolute atomic E-state index is 13.2. The molecule has 1 aliphatic heterocycles. The van der Waals surface area contributed by atoms with E-state index in [9.17, 15) is 14.7 Å². The van der Waals surface area contributed by atoms with E-state index in [1.165, 1.54) is 6.33 Å². The van der Waals surface area contributed by atoms with Gasteiger partial charge in [0.1, 0.15) is 24.4 Å². The summed E-state index contributed by atoms with van der Waals surface area (Å²) in [4.78, 5) is 31.7. The number of amides is 2. The van der Waals surface area contributed by atoms with Crippen molar-refractivity contribution in [1.82, 2.24) is 19.7 Å². The molecule has 1 aliphatic rings. The molecule has 1 unspecified atom stereocenters. The number of carbonyl (C=O) groups is 2. The number of phenols is 1. The quantitative estimate of drug-likeness (QED) is 0.520. The van der Waals surface area contributed by atoms with Crippen LogP contribution in [0.5, 0.6) is 5.75 Å². The monoisotopic (exact) mass is 427 g/mol. The zero-order chi connectivity index (χ0) is 22.1. The molecule has 1 atom stereocenters. The molecule has 1 aromatic heterocycles. The molecule has 4 aromatic rings. The molecule has 160 valence electrons. The molecule has 0 aliphatic carbocycles. The van der Waals surface area contributed by atoms with Crippen LogP contribution in [0.15, 0.2) is 73.3 Å². The Kier molecular flexibility index (Phi) is 5.03. The van der Waals surface area contributed by atoms with Gasteiger partial charge < -0.3 is 15.3 Å². The maximum atomic E-state index is 13.2. The van der Waals surface area contributed by atoms with Gasteiger partial charge in [-0.2, -0.15) is 5.10 Å². The largest absolute Gasteiger partial charge is 0.506 e. The molecule has 5 rings (SSSR count). The first-order valence-electron chi connectivity index (χ1n) is 10.4. The van der Waals surface area contributed by atoms with Crippen LogP contribution < -0.4 is 5.32 Å². The summed E-state index contributed by atoms with van der Waals surface area (Å²) in [5.41, 5.74) is 1.66. The Morgan fingerprint density at radius 3 is 2.62 bits per heavy atom. The Bertz CT molecular complexity index is 1290. The molecular formula is C24H21N5O3. The van der Waals surface area contributed by atoms with E-state index >= 15 is 0 Å². The van der Waals surface area contributed by atoms with E-state index in [0.29, 0.717) is 24.0 Å². The van der Waals surface area contributed by atoms with Gasteiger partial charge in [-0.25, -0.2) is 9.67 Å². The van der Waals surface area contributed by atoms with Gasteiger partial charge >= 0.3 is 0 Å². The predicted octanol–water partition coefficient (Wildman–Crippen LogP) is 3.37. The Labute approximate surface area is 184 Å². The minimum absolute atomic E-state index is 0.0529. The van der Waals surface area contributed by atoms with E-state index in [1.54, 1.807) is 40.2 Å². The molecular weight excluding hydrogens is 406 g/mol. The van der Waals surface area contributed by atoms with E-state index in [2.05, 4.69) is 15.4 Å². The van der Waals surface area contributed by atoms with Gasteiger partial charge in [0.05, 0.1) is 11.3 Å². The SMILES string of the molecule is O=C(Nc1ccc(-n2cncn2)cc1)C1CCCN1C(=O)c1ccc2ccccc2c1O. The minimum Gasteiger partial charge on any atom is -0.506 e. The van der Waals surface area contributed by atoms with Crippen LogP contribution in [0.2, 0.25) is 0 Å². The lowest BCUT2D eigenvalue weighted by molar-refractivity contribution is -0.119. The number of hydrogen-bond donors (Lipinski definition) is 2. The number of aromatic hydroxyl groups is 1. The van der Waals surface area contributed by atoms with Gasteiger partial charge in [-0.15, -0.1) is 0 Å². The van der Waals surface area contributed by atoms with Gasteiger partial charge in [0, 0.05) is 17.6 Å². The fourth-order valence-corrected chi connectivity index (χ4v) is 4.13. The second-order valence-electron chi connectivity index (χ2n) is 7.72. The normalized spacial score (nSPS) is 15.8. The topological polar surface area (TPSA) is 100 Å². The molecule has 2 N–H and O–H groups in total. The number of benzene rings is 3. The molecule has 1 saturated heterocycles. The lowest BCUT2D eigenvalue weighted by Gasteiger charge is -2.24. The van der Waals surface area contributed by atoms with Crippen LogP contribution in [-0.2, 0) is 4.79 Å². The highest BCUT2D eigenvalue weighted by atomic mass is 16.3. The number of carbonyl (C=O) groups excluding carboxylic acids is 2. The zero-order valence-electron chi connectivity index (χ0n) is 17.2. The standard InChI is InChI=1S/C24H21N5O3/c30-22-19-5-2-1-4-16(19)7-12-20(22)24(32)28-13-3-6-21(28)23(31)27-17-8-10-18(11-9-17)29-15-25-14-26-29/h1-2,4-5,7-12,14-15,21,30H,3,6,13H2,(H,27,31). The third-order valence-corrected chi connectivity index (χ3v) is 5.77. The van der Waals surface area contributed by atoms with Crippen LogP contribution in [0.25, 0.3) is 16.5 Å². The summed E-state index contributed by atoms with van der Waals surface area (Å²) in [7, 11) is 0. The molecule has 8 heteroatoms. The van der Waals surface area contributed by atoms with Crippen LogP contribution in [0, 0.1) is 0 Å². The number of likely N-dealkylation sites (tertiary alicyclic amines) is 1. The number of anilines is 1. The molecule has 8 nitrogen and oxygen atoms in total. The molecule has 3 aromatic carbocycles. The van der Waals surface area contributed by atoms with E-state index in [1.807, 2.05) is 36.4 Å². The fourth-order valence-electron chi connectivity index (χ4n) is 4.13. The first-order valence-corrected chi connectivity index (χ1v) is 10.4. The van der Waals surface area contributed by atoms with Crippen LogP contribution in [-0.4, -0.2) is 49.2 Å². The van der Waals surface area contributed by atoms with Gasteiger partial charge in [0.25, 0.3) is 5.91 Å². The zero-order valence-corrected chi connectivity index (χ0v) is 17.2. The van der Waals surface area contributed by atoms with E-state index in [4.69, 9.17) is 0 Å². The van der Waals surface area contributed by atoms with Gasteiger partial charge in [-0.3, -0.25) is 9.59 Å². The molecule has 1 fully saturated rings. The van der Waals surface area contributed by atoms with E-state index < -0.39 is 6.04 Å². The highest BCUT2D eigenvalue weighted by Gasteiger charge is 2.35. The van der Waals surface area contributed by atoms with Crippen molar-refractivity contribution in [3.63, 3.8) is 0 Å². The van der Waals surface area contributed by atoms with Crippen molar-refractivity contribution in [3.8, 4) is 11.4 Å². The first-order chi connectivity index (χ1) is 15.6. The predicted molar refractivity (Wildman–Crippen MR) is 120 cm³/mol. The molecule has 2 heterocycles. The number of fused-ring (bicyclic) bond motifs is 1. The summed E-state index contributed by atoms with van der Waals surface area (Å²) in [5, 5.41) is 19.1. The van der Waals surface area contributed by atoms with Crippen molar-refractivity contribution in [1.29, 1.82) is 0 Å². The third-order valence-electron chi connectivity index (χ3n) is 5.77. The van der Waals surface area contributed by atoms with Crippen molar-refractivity contribution in [2.75, 3.05) is 11.9 Å². The highest BCUT2D eigenvalue weighted by Crippen LogP contribution is 2.31. The summed E-state index contributed by atoms with van der Waals surface area (Å²) in [6, 6.07) is 17.4. The van der Waals surface area contributed by atoms with Crippen molar-refractivity contribution in [2.45, 2.75) is 18.9 Å². The van der Waals surface area contributed by atoms with Gasteiger partial charge in [0.15, 0.2) is 0 Å². The Morgan fingerprint density at radius 2 is 1.84 bits per heavy atom. The minimum atomic E-state index is -0.594.